The summed E-state index contributed by atoms with van der Waals surface area (Å²) in [5, 5.41) is 19.7. The number of benzene rings is 3. The SMILES string of the molecule is Cc1cc2c(cc1C(=O)N(C=O)C(CO[N+](=O)[O-])c1ccccc1)C(=O)N(C(CO[N+](=O)[O-])c1ccccc1)C2=O. The maximum atomic E-state index is 13.6. The third-order valence-electron chi connectivity index (χ3n) is 6.53. The summed E-state index contributed by atoms with van der Waals surface area (Å²) in [6.07, 6.45) is 0.204. The number of amides is 4. The van der Waals surface area contributed by atoms with Gasteiger partial charge in [-0.25, -0.2) is 0 Å². The Labute approximate surface area is 231 Å². The first-order valence-corrected chi connectivity index (χ1v) is 12.1. The maximum absolute atomic E-state index is 13.6. The van der Waals surface area contributed by atoms with Gasteiger partial charge in [0.25, 0.3) is 27.9 Å². The minimum Gasteiger partial charge on any atom is -0.311 e. The van der Waals surface area contributed by atoms with E-state index in [0.717, 1.165) is 11.0 Å². The van der Waals surface area contributed by atoms with Gasteiger partial charge in [0.2, 0.25) is 6.41 Å². The second-order valence-electron chi connectivity index (χ2n) is 8.90. The molecule has 210 valence electrons. The predicted molar refractivity (Wildman–Crippen MR) is 138 cm³/mol. The number of hydrogen-bond acceptors (Lipinski definition) is 10. The molecule has 0 aliphatic carbocycles. The lowest BCUT2D eigenvalue weighted by Crippen LogP contribution is -2.37. The minimum atomic E-state index is -1.19. The fourth-order valence-corrected chi connectivity index (χ4v) is 4.60. The van der Waals surface area contributed by atoms with Gasteiger partial charge in [0, 0.05) is 5.56 Å². The summed E-state index contributed by atoms with van der Waals surface area (Å²) in [6, 6.07) is 16.3. The Morgan fingerprint density at radius 1 is 0.878 bits per heavy atom. The normalized spacial score (nSPS) is 13.6. The van der Waals surface area contributed by atoms with E-state index in [4.69, 9.17) is 0 Å². The van der Waals surface area contributed by atoms with Crippen LogP contribution in [0.2, 0.25) is 0 Å². The van der Waals surface area contributed by atoms with E-state index in [1.165, 1.54) is 13.0 Å². The molecule has 1 aliphatic rings. The molecule has 14 nitrogen and oxygen atoms in total. The molecule has 0 saturated carbocycles. The van der Waals surface area contributed by atoms with E-state index in [2.05, 4.69) is 9.68 Å². The van der Waals surface area contributed by atoms with Gasteiger partial charge in [-0.1, -0.05) is 60.7 Å². The molecule has 1 heterocycles. The lowest BCUT2D eigenvalue weighted by Gasteiger charge is -2.27. The molecule has 4 amide bonds. The lowest BCUT2D eigenvalue weighted by molar-refractivity contribution is -0.758. The largest absolute Gasteiger partial charge is 0.311 e. The molecule has 0 saturated heterocycles. The Kier molecular flexibility index (Phi) is 8.32. The molecular weight excluding hydrogens is 540 g/mol. The van der Waals surface area contributed by atoms with Gasteiger partial charge in [-0.2, -0.15) is 0 Å². The standard InChI is InChI=1S/C27H22N4O10/c1-17-12-21-22(27(35)29(26(21)34)24(15-41-31(38)39)19-10-6-3-7-11-19)13-20(17)25(33)28(16-32)23(14-40-30(36)37)18-8-4-2-5-9-18/h2-13,16,23-24H,14-15H2,1H3. The molecule has 0 spiro atoms. The molecule has 14 heteroatoms. The molecule has 3 aromatic rings. The summed E-state index contributed by atoms with van der Waals surface area (Å²) in [5.74, 6) is -2.47. The minimum absolute atomic E-state index is 0.0416. The van der Waals surface area contributed by atoms with Gasteiger partial charge in [-0.3, -0.25) is 29.0 Å². The predicted octanol–water partition coefficient (Wildman–Crippen LogP) is 3.09. The van der Waals surface area contributed by atoms with E-state index in [0.29, 0.717) is 16.0 Å². The van der Waals surface area contributed by atoms with Gasteiger partial charge in [-0.05, 0) is 35.7 Å². The molecule has 1 aliphatic heterocycles. The quantitative estimate of drug-likeness (QED) is 0.138. The van der Waals surface area contributed by atoms with Crippen molar-refractivity contribution in [1.29, 1.82) is 0 Å². The molecule has 0 aromatic heterocycles. The van der Waals surface area contributed by atoms with Gasteiger partial charge in [-0.15, -0.1) is 20.2 Å². The van der Waals surface area contributed by atoms with Crippen LogP contribution >= 0.6 is 0 Å². The van der Waals surface area contributed by atoms with E-state index < -0.39 is 53.2 Å². The Balaban J connectivity index is 1.71. The molecule has 41 heavy (non-hydrogen) atoms. The third kappa shape index (κ3) is 5.85. The fraction of sp³-hybridized carbons (Fsp3) is 0.185. The van der Waals surface area contributed by atoms with E-state index in [1.807, 2.05) is 0 Å². The number of nitrogens with zero attached hydrogens (tertiary/aromatic N) is 4. The summed E-state index contributed by atoms with van der Waals surface area (Å²) in [7, 11) is 0. The Morgan fingerprint density at radius 3 is 1.93 bits per heavy atom. The highest BCUT2D eigenvalue weighted by Crippen LogP contribution is 2.34. The van der Waals surface area contributed by atoms with Crippen molar-refractivity contribution < 1.29 is 39.0 Å². The number of carbonyl (C=O) groups is 4. The van der Waals surface area contributed by atoms with E-state index >= 15 is 0 Å². The number of rotatable bonds is 12. The van der Waals surface area contributed by atoms with Crippen molar-refractivity contribution >= 4 is 24.1 Å². The summed E-state index contributed by atoms with van der Waals surface area (Å²) in [4.78, 5) is 85.0. The summed E-state index contributed by atoms with van der Waals surface area (Å²) < 4.78 is 0. The average molecular weight is 562 g/mol. The number of hydrogen-bond donors (Lipinski definition) is 0. The van der Waals surface area contributed by atoms with Crippen molar-refractivity contribution in [2.24, 2.45) is 0 Å². The number of fused-ring (bicyclic) bond motifs is 1. The second-order valence-corrected chi connectivity index (χ2v) is 8.90. The smallest absolute Gasteiger partial charge is 0.294 e. The van der Waals surface area contributed by atoms with Crippen molar-refractivity contribution in [2.45, 2.75) is 19.0 Å². The first-order valence-electron chi connectivity index (χ1n) is 12.1. The van der Waals surface area contributed by atoms with Crippen LogP contribution in [0.4, 0.5) is 0 Å². The molecule has 2 atom stereocenters. The lowest BCUT2D eigenvalue weighted by atomic mass is 9.98. The molecule has 4 rings (SSSR count). The average Bonchev–Trinajstić information content (AvgIpc) is 3.19. The third-order valence-corrected chi connectivity index (χ3v) is 6.53. The number of imide groups is 2. The zero-order valence-electron chi connectivity index (χ0n) is 21.4. The number of carbonyl (C=O) groups excluding carboxylic acids is 4. The van der Waals surface area contributed by atoms with Crippen LogP contribution < -0.4 is 0 Å². The van der Waals surface area contributed by atoms with Gasteiger partial charge in [0.05, 0.1) is 23.2 Å². The highest BCUT2D eigenvalue weighted by atomic mass is 17.0. The van der Waals surface area contributed by atoms with Crippen LogP contribution in [0.25, 0.3) is 0 Å². The van der Waals surface area contributed by atoms with Crippen LogP contribution in [0.3, 0.4) is 0 Å². The molecule has 0 N–H and O–H groups in total. The maximum Gasteiger partial charge on any atom is 0.294 e. The van der Waals surface area contributed by atoms with Gasteiger partial charge in [0.15, 0.2) is 0 Å². The highest BCUT2D eigenvalue weighted by Gasteiger charge is 2.42. The molecular formula is C27H22N4O10. The Hall–Kier alpha value is -5.66. The zero-order valence-corrected chi connectivity index (χ0v) is 21.4. The topological polar surface area (TPSA) is 180 Å². The van der Waals surface area contributed by atoms with Gasteiger partial charge in [0.1, 0.15) is 13.2 Å². The fourth-order valence-electron chi connectivity index (χ4n) is 4.60. The van der Waals surface area contributed by atoms with E-state index in [-0.39, 0.29) is 28.7 Å². The van der Waals surface area contributed by atoms with Crippen LogP contribution in [0.15, 0.2) is 72.8 Å². The molecule has 3 aromatic carbocycles. The van der Waals surface area contributed by atoms with Crippen LogP contribution in [0.5, 0.6) is 0 Å². The Bertz CT molecular complexity index is 1510. The molecule has 0 bridgehead atoms. The van der Waals surface area contributed by atoms with Crippen LogP contribution in [-0.4, -0.2) is 57.3 Å². The summed E-state index contributed by atoms with van der Waals surface area (Å²) >= 11 is 0. The van der Waals surface area contributed by atoms with Crippen LogP contribution in [0, 0.1) is 27.2 Å². The first kappa shape index (κ1) is 28.4. The van der Waals surface area contributed by atoms with E-state index in [1.54, 1.807) is 60.7 Å². The second kappa shape index (κ2) is 12.0. The van der Waals surface area contributed by atoms with Gasteiger partial charge < -0.3 is 9.68 Å². The highest BCUT2D eigenvalue weighted by molar-refractivity contribution is 6.22. The van der Waals surface area contributed by atoms with Crippen molar-refractivity contribution in [2.75, 3.05) is 13.2 Å². The monoisotopic (exact) mass is 562 g/mol. The zero-order chi connectivity index (χ0) is 29.7. The van der Waals surface area contributed by atoms with Crippen molar-refractivity contribution in [3.05, 3.63) is 126 Å². The number of aryl methyl sites for hydroxylation is 1. The molecule has 2 unspecified atom stereocenters. The summed E-state index contributed by atoms with van der Waals surface area (Å²) in [5.41, 5.74) is 0.708. The molecule has 0 radical (unpaired) electrons. The van der Waals surface area contributed by atoms with Crippen molar-refractivity contribution in [3.63, 3.8) is 0 Å². The molecule has 0 fully saturated rings. The Morgan fingerprint density at radius 2 is 1.39 bits per heavy atom. The van der Waals surface area contributed by atoms with Crippen molar-refractivity contribution in [3.8, 4) is 0 Å². The first-order chi connectivity index (χ1) is 19.6. The van der Waals surface area contributed by atoms with Crippen molar-refractivity contribution in [1.82, 2.24) is 9.80 Å². The van der Waals surface area contributed by atoms with E-state index in [9.17, 15) is 39.4 Å². The van der Waals surface area contributed by atoms with Crippen LogP contribution in [0.1, 0.15) is 59.8 Å². The van der Waals surface area contributed by atoms with Gasteiger partial charge >= 0.3 is 0 Å². The summed E-state index contributed by atoms with van der Waals surface area (Å²) in [6.45, 7) is 0.222. The van der Waals surface area contributed by atoms with Crippen LogP contribution in [-0.2, 0) is 14.5 Å².